The topological polar surface area (TPSA) is 25.2 Å². The van der Waals surface area contributed by atoms with Crippen molar-refractivity contribution in [2.75, 3.05) is 0 Å². The molecule has 1 unspecified atom stereocenters. The molecule has 0 aliphatic rings. The number of hydrogen-bond acceptors (Lipinski definition) is 2. The first-order valence-corrected chi connectivity index (χ1v) is 6.03. The Balaban J connectivity index is 2.01. The van der Waals surface area contributed by atoms with Gasteiger partial charge in [-0.25, -0.2) is 0 Å². The normalized spacial score (nSPS) is 14.5. The summed E-state index contributed by atoms with van der Waals surface area (Å²) in [6.07, 6.45) is 1.71. The molecule has 0 saturated carbocycles. The lowest BCUT2D eigenvalue weighted by Crippen LogP contribution is -2.22. The summed E-state index contributed by atoms with van der Waals surface area (Å²) in [4.78, 5) is 0. The Kier molecular flexibility index (Phi) is 3.64. The van der Waals surface area contributed by atoms with E-state index in [1.807, 2.05) is 12.1 Å². The van der Waals surface area contributed by atoms with Crippen LogP contribution in [0.25, 0.3) is 0 Å². The van der Waals surface area contributed by atoms with Gasteiger partial charge in [-0.1, -0.05) is 29.8 Å². The molecule has 0 bridgehead atoms. The highest BCUT2D eigenvalue weighted by Crippen LogP contribution is 2.19. The lowest BCUT2D eigenvalue weighted by Gasteiger charge is -2.19. The molecule has 2 heteroatoms. The second-order valence-electron chi connectivity index (χ2n) is 4.54. The fourth-order valence-corrected chi connectivity index (χ4v) is 1.95. The Labute approximate surface area is 103 Å². The molecule has 1 aromatic carbocycles. The van der Waals surface area contributed by atoms with E-state index in [1.165, 1.54) is 11.1 Å². The van der Waals surface area contributed by atoms with Gasteiger partial charge < -0.3 is 9.73 Å². The molecule has 0 spiro atoms. The smallest absolute Gasteiger partial charge is 0.120 e. The van der Waals surface area contributed by atoms with Gasteiger partial charge in [-0.3, -0.25) is 0 Å². The van der Waals surface area contributed by atoms with E-state index < -0.39 is 0 Å². The van der Waals surface area contributed by atoms with Crippen molar-refractivity contribution in [1.29, 1.82) is 0 Å². The number of aryl methyl sites for hydroxylation is 1. The molecule has 1 N–H and O–H groups in total. The molecule has 2 rings (SSSR count). The van der Waals surface area contributed by atoms with Crippen molar-refractivity contribution in [1.82, 2.24) is 5.32 Å². The van der Waals surface area contributed by atoms with Gasteiger partial charge in [-0.2, -0.15) is 0 Å². The third-order valence-electron chi connectivity index (χ3n) is 3.05. The standard InChI is InChI=1S/C15H19NO/c1-11-6-8-14(9-7-11)12(2)16-13(3)15-5-4-10-17-15/h4-10,12-13,16H,1-3H3/t12-,13?/m0/s1. The maximum Gasteiger partial charge on any atom is 0.120 e. The molecule has 0 radical (unpaired) electrons. The molecule has 1 aromatic heterocycles. The van der Waals surface area contributed by atoms with E-state index in [1.54, 1.807) is 6.26 Å². The van der Waals surface area contributed by atoms with Gasteiger partial charge in [0.1, 0.15) is 5.76 Å². The van der Waals surface area contributed by atoms with Gasteiger partial charge in [0.2, 0.25) is 0 Å². The van der Waals surface area contributed by atoms with Crippen LogP contribution in [0.3, 0.4) is 0 Å². The molecular weight excluding hydrogens is 210 g/mol. The Bertz CT molecular complexity index is 444. The van der Waals surface area contributed by atoms with E-state index in [2.05, 4.69) is 50.4 Å². The summed E-state index contributed by atoms with van der Waals surface area (Å²) in [6, 6.07) is 13.1. The van der Waals surface area contributed by atoms with Crippen molar-refractivity contribution in [2.24, 2.45) is 0 Å². The number of furan rings is 1. The van der Waals surface area contributed by atoms with Gasteiger partial charge in [-0.15, -0.1) is 0 Å². The number of nitrogens with one attached hydrogen (secondary N) is 1. The van der Waals surface area contributed by atoms with Crippen LogP contribution in [-0.4, -0.2) is 0 Å². The average Bonchev–Trinajstić information content (AvgIpc) is 2.83. The molecule has 2 nitrogen and oxygen atoms in total. The fraction of sp³-hybridized carbons (Fsp3) is 0.333. The molecule has 0 aliphatic carbocycles. The lowest BCUT2D eigenvalue weighted by molar-refractivity contribution is 0.403. The lowest BCUT2D eigenvalue weighted by atomic mass is 10.1. The minimum Gasteiger partial charge on any atom is -0.468 e. The minimum absolute atomic E-state index is 0.223. The molecule has 1 heterocycles. The zero-order chi connectivity index (χ0) is 12.3. The third kappa shape index (κ3) is 2.98. The molecular formula is C15H19NO. The zero-order valence-corrected chi connectivity index (χ0v) is 10.6. The van der Waals surface area contributed by atoms with E-state index in [0.717, 1.165) is 5.76 Å². The fourth-order valence-electron chi connectivity index (χ4n) is 1.95. The maximum atomic E-state index is 5.39. The van der Waals surface area contributed by atoms with Crippen LogP contribution in [0.2, 0.25) is 0 Å². The molecule has 0 amide bonds. The SMILES string of the molecule is Cc1ccc([C@H](C)NC(C)c2ccco2)cc1. The zero-order valence-electron chi connectivity index (χ0n) is 10.6. The van der Waals surface area contributed by atoms with Crippen LogP contribution in [0.15, 0.2) is 47.1 Å². The van der Waals surface area contributed by atoms with Gasteiger partial charge in [0.25, 0.3) is 0 Å². The van der Waals surface area contributed by atoms with Gasteiger partial charge in [-0.05, 0) is 38.5 Å². The highest BCUT2D eigenvalue weighted by Gasteiger charge is 2.12. The molecule has 2 atom stereocenters. The van der Waals surface area contributed by atoms with Crippen molar-refractivity contribution in [3.05, 3.63) is 59.5 Å². The molecule has 0 aliphatic heterocycles. The predicted molar refractivity (Wildman–Crippen MR) is 69.9 cm³/mol. The van der Waals surface area contributed by atoms with Crippen molar-refractivity contribution in [3.8, 4) is 0 Å². The van der Waals surface area contributed by atoms with Gasteiger partial charge >= 0.3 is 0 Å². The van der Waals surface area contributed by atoms with Crippen LogP contribution in [0, 0.1) is 6.92 Å². The largest absolute Gasteiger partial charge is 0.468 e. The summed E-state index contributed by atoms with van der Waals surface area (Å²) in [5.41, 5.74) is 2.59. The molecule has 0 saturated heterocycles. The maximum absolute atomic E-state index is 5.39. The first-order chi connectivity index (χ1) is 8.16. The third-order valence-corrected chi connectivity index (χ3v) is 3.05. The number of hydrogen-bond donors (Lipinski definition) is 1. The van der Waals surface area contributed by atoms with E-state index in [0.29, 0.717) is 6.04 Å². The van der Waals surface area contributed by atoms with E-state index >= 15 is 0 Å². The second-order valence-corrected chi connectivity index (χ2v) is 4.54. The Morgan fingerprint density at radius 2 is 1.71 bits per heavy atom. The van der Waals surface area contributed by atoms with E-state index in [9.17, 15) is 0 Å². The van der Waals surface area contributed by atoms with Crippen molar-refractivity contribution >= 4 is 0 Å². The monoisotopic (exact) mass is 229 g/mol. The summed E-state index contributed by atoms with van der Waals surface area (Å²) < 4.78 is 5.39. The van der Waals surface area contributed by atoms with Crippen molar-refractivity contribution < 1.29 is 4.42 Å². The second kappa shape index (κ2) is 5.19. The highest BCUT2D eigenvalue weighted by atomic mass is 16.3. The van der Waals surface area contributed by atoms with Crippen LogP contribution < -0.4 is 5.32 Å². The average molecular weight is 229 g/mol. The Morgan fingerprint density at radius 1 is 1.00 bits per heavy atom. The first kappa shape index (κ1) is 11.9. The van der Waals surface area contributed by atoms with Crippen LogP contribution in [0.5, 0.6) is 0 Å². The molecule has 17 heavy (non-hydrogen) atoms. The van der Waals surface area contributed by atoms with Crippen molar-refractivity contribution in [2.45, 2.75) is 32.9 Å². The molecule has 2 aromatic rings. The summed E-state index contributed by atoms with van der Waals surface area (Å²) in [6.45, 7) is 6.39. The van der Waals surface area contributed by atoms with E-state index in [-0.39, 0.29) is 6.04 Å². The van der Waals surface area contributed by atoms with Gasteiger partial charge in [0.05, 0.1) is 12.3 Å². The number of benzene rings is 1. The van der Waals surface area contributed by atoms with Crippen LogP contribution >= 0.6 is 0 Å². The highest BCUT2D eigenvalue weighted by molar-refractivity contribution is 5.24. The molecule has 0 fully saturated rings. The summed E-state index contributed by atoms with van der Waals surface area (Å²) in [5.74, 6) is 0.976. The minimum atomic E-state index is 0.223. The summed E-state index contributed by atoms with van der Waals surface area (Å²) >= 11 is 0. The quantitative estimate of drug-likeness (QED) is 0.857. The van der Waals surface area contributed by atoms with Crippen LogP contribution in [-0.2, 0) is 0 Å². The predicted octanol–water partition coefficient (Wildman–Crippen LogP) is 4.00. The van der Waals surface area contributed by atoms with Gasteiger partial charge in [0, 0.05) is 6.04 Å². The Morgan fingerprint density at radius 3 is 2.29 bits per heavy atom. The van der Waals surface area contributed by atoms with Gasteiger partial charge in [0.15, 0.2) is 0 Å². The van der Waals surface area contributed by atoms with E-state index in [4.69, 9.17) is 4.42 Å². The first-order valence-electron chi connectivity index (χ1n) is 6.03. The van der Waals surface area contributed by atoms with Crippen LogP contribution in [0.1, 0.15) is 42.8 Å². The van der Waals surface area contributed by atoms with Crippen molar-refractivity contribution in [3.63, 3.8) is 0 Å². The van der Waals surface area contributed by atoms with Crippen LogP contribution in [0.4, 0.5) is 0 Å². The summed E-state index contributed by atoms with van der Waals surface area (Å²) in [5, 5.41) is 3.52. The summed E-state index contributed by atoms with van der Waals surface area (Å²) in [7, 11) is 0. The Hall–Kier alpha value is -1.54. The number of rotatable bonds is 4. The molecule has 90 valence electrons.